The summed E-state index contributed by atoms with van der Waals surface area (Å²) >= 11 is 6.18. The number of nitrogens with one attached hydrogen (secondary N) is 3. The van der Waals surface area contributed by atoms with Crippen molar-refractivity contribution in [2.24, 2.45) is 0 Å². The van der Waals surface area contributed by atoms with Crippen LogP contribution < -0.4 is 16.4 Å². The van der Waals surface area contributed by atoms with Gasteiger partial charge in [0.2, 0.25) is 0 Å². The number of amides is 4. The van der Waals surface area contributed by atoms with Gasteiger partial charge in [-0.3, -0.25) is 4.98 Å². The van der Waals surface area contributed by atoms with Crippen LogP contribution >= 0.6 is 11.6 Å². The minimum Gasteiger partial charge on any atom is -0.480 e. The number of nitrogens with zero attached hydrogens (tertiary/aromatic N) is 2. The number of aliphatic carboxylic acids is 1. The predicted octanol–water partition coefficient (Wildman–Crippen LogP) is 2.99. The van der Waals surface area contributed by atoms with Crippen molar-refractivity contribution in [3.8, 4) is 0 Å². The quantitative estimate of drug-likeness (QED) is 0.412. The molecule has 3 heterocycles. The van der Waals surface area contributed by atoms with Crippen molar-refractivity contribution in [1.82, 2.24) is 20.1 Å². The van der Waals surface area contributed by atoms with Crippen molar-refractivity contribution in [3.05, 3.63) is 63.1 Å². The number of piperidine rings is 1. The molecule has 2 aliphatic heterocycles. The van der Waals surface area contributed by atoms with E-state index in [0.29, 0.717) is 43.6 Å². The number of rotatable bonds is 5. The van der Waals surface area contributed by atoms with Crippen molar-refractivity contribution in [3.63, 3.8) is 0 Å². The first kappa shape index (κ1) is 23.7. The number of hydrogen-bond acceptors (Lipinski definition) is 5. The lowest BCUT2D eigenvalue weighted by Gasteiger charge is -2.40. The summed E-state index contributed by atoms with van der Waals surface area (Å²) < 4.78 is 5.02. The number of benzene rings is 2. The smallest absolute Gasteiger partial charge is 0.417 e. The first-order valence-electron chi connectivity index (χ1n) is 11.5. The molecule has 36 heavy (non-hydrogen) atoms. The molecule has 0 radical (unpaired) electrons. The van der Waals surface area contributed by atoms with Gasteiger partial charge in [0.05, 0.1) is 5.02 Å². The maximum Gasteiger partial charge on any atom is 0.417 e. The molecule has 2 aromatic carbocycles. The third-order valence-electron chi connectivity index (χ3n) is 6.63. The number of likely N-dealkylation sites (tertiary alicyclic amines) is 1. The molecule has 0 bridgehead atoms. The van der Waals surface area contributed by atoms with Crippen LogP contribution in [-0.4, -0.2) is 63.1 Å². The molecule has 4 amide bonds. The molecule has 3 aromatic rings. The summed E-state index contributed by atoms with van der Waals surface area (Å²) in [6.07, 6.45) is 1.12. The number of para-hydroxylation sites is 1. The number of aromatic amines is 1. The average molecular weight is 514 g/mol. The number of oxazole rings is 1. The number of carboxylic acids is 1. The number of urea groups is 2. The molecule has 0 spiro atoms. The Balaban J connectivity index is 1.20. The van der Waals surface area contributed by atoms with Gasteiger partial charge in [-0.05, 0) is 42.2 Å². The second-order valence-corrected chi connectivity index (χ2v) is 9.35. The van der Waals surface area contributed by atoms with Crippen LogP contribution in [0.1, 0.15) is 24.0 Å². The molecule has 12 heteroatoms. The number of aromatic nitrogens is 1. The third kappa shape index (κ3) is 4.74. The highest BCUT2D eigenvalue weighted by molar-refractivity contribution is 6.34. The van der Waals surface area contributed by atoms with Gasteiger partial charge < -0.3 is 30.0 Å². The molecular weight excluding hydrogens is 490 g/mol. The Morgan fingerprint density at radius 2 is 1.94 bits per heavy atom. The number of fused-ring (bicyclic) bond motifs is 2. The summed E-state index contributed by atoms with van der Waals surface area (Å²) in [6.45, 7) is 1.29. The summed E-state index contributed by atoms with van der Waals surface area (Å²) in [5.74, 6) is -1.87. The molecule has 2 aliphatic rings. The Kier molecular flexibility index (Phi) is 6.31. The fourth-order valence-electron chi connectivity index (χ4n) is 4.76. The largest absolute Gasteiger partial charge is 0.480 e. The highest BCUT2D eigenvalue weighted by Gasteiger charge is 2.33. The normalized spacial score (nSPS) is 17.0. The Bertz CT molecular complexity index is 1390. The number of hydrogen-bond donors (Lipinski definition) is 4. The number of carbonyl (C=O) groups excluding carboxylic acids is 2. The van der Waals surface area contributed by atoms with Gasteiger partial charge in [0, 0.05) is 37.8 Å². The van der Waals surface area contributed by atoms with Crippen LogP contribution in [0.3, 0.4) is 0 Å². The predicted molar refractivity (Wildman–Crippen MR) is 131 cm³/mol. The zero-order chi connectivity index (χ0) is 25.4. The second kappa shape index (κ2) is 9.57. The first-order chi connectivity index (χ1) is 17.3. The van der Waals surface area contributed by atoms with Gasteiger partial charge in [0.15, 0.2) is 5.58 Å². The van der Waals surface area contributed by atoms with Gasteiger partial charge in [-0.2, -0.15) is 0 Å². The molecule has 1 unspecified atom stereocenters. The summed E-state index contributed by atoms with van der Waals surface area (Å²) in [6, 6.07) is 8.83. The highest BCUT2D eigenvalue weighted by Crippen LogP contribution is 2.28. The summed E-state index contributed by atoms with van der Waals surface area (Å²) in [7, 11) is 0. The van der Waals surface area contributed by atoms with E-state index in [1.807, 2.05) is 24.3 Å². The number of anilines is 1. The fourth-order valence-corrected chi connectivity index (χ4v) is 5.04. The topological polar surface area (TPSA) is 148 Å². The van der Waals surface area contributed by atoms with Crippen LogP contribution in [0.15, 0.2) is 45.6 Å². The zero-order valence-corrected chi connectivity index (χ0v) is 19.9. The highest BCUT2D eigenvalue weighted by atomic mass is 35.5. The van der Waals surface area contributed by atoms with Crippen molar-refractivity contribution >= 4 is 46.4 Å². The molecule has 1 atom stereocenters. The lowest BCUT2D eigenvalue weighted by molar-refractivity contribution is -0.139. The second-order valence-electron chi connectivity index (χ2n) is 8.94. The Morgan fingerprint density at radius 3 is 2.69 bits per heavy atom. The van der Waals surface area contributed by atoms with E-state index in [2.05, 4.69) is 15.6 Å². The van der Waals surface area contributed by atoms with E-state index in [1.165, 1.54) is 12.1 Å². The van der Waals surface area contributed by atoms with E-state index in [0.717, 1.165) is 11.3 Å². The average Bonchev–Trinajstić information content (AvgIpc) is 3.24. The SMILES string of the molecule is O=C(O)C(Cc1cc(Cl)c2[nH]c(=O)oc2c1)NC(=O)N1CCC(N2Cc3ccccc3NC2=O)CC1. The molecule has 0 saturated carbocycles. The van der Waals surface area contributed by atoms with Gasteiger partial charge in [-0.1, -0.05) is 29.8 Å². The van der Waals surface area contributed by atoms with Crippen molar-refractivity contribution < 1.29 is 23.9 Å². The van der Waals surface area contributed by atoms with Crippen LogP contribution in [0.5, 0.6) is 0 Å². The van der Waals surface area contributed by atoms with E-state index < -0.39 is 23.8 Å². The minimum absolute atomic E-state index is 0.0254. The number of carboxylic acid groups (broad SMARTS) is 1. The molecule has 188 valence electrons. The standard InChI is InChI=1S/C24H24ClN5O6/c25-16-9-13(11-19-20(16)28-24(35)36-19)10-18(21(31)32)27-22(33)29-7-5-15(6-8-29)30-12-14-3-1-2-4-17(14)26-23(30)34/h1-4,9,11,15,18H,5-8,10,12H2,(H,26,34)(H,27,33)(H,28,35)(H,31,32). The summed E-state index contributed by atoms with van der Waals surface area (Å²) in [5, 5.41) is 15.4. The summed E-state index contributed by atoms with van der Waals surface area (Å²) in [5.41, 5.74) is 2.89. The van der Waals surface area contributed by atoms with Crippen molar-refractivity contribution in [1.29, 1.82) is 0 Å². The number of H-pyrrole nitrogens is 1. The summed E-state index contributed by atoms with van der Waals surface area (Å²) in [4.78, 5) is 54.6. The number of halogens is 1. The minimum atomic E-state index is -1.21. The number of carbonyl (C=O) groups is 3. The molecule has 0 aliphatic carbocycles. The lowest BCUT2D eigenvalue weighted by atomic mass is 10.0. The van der Waals surface area contributed by atoms with Crippen molar-refractivity contribution in [2.45, 2.75) is 37.9 Å². The van der Waals surface area contributed by atoms with Gasteiger partial charge in [-0.15, -0.1) is 0 Å². The van der Waals surface area contributed by atoms with Gasteiger partial charge in [0.1, 0.15) is 11.6 Å². The Hall–Kier alpha value is -3.99. The van der Waals surface area contributed by atoms with Gasteiger partial charge in [-0.25, -0.2) is 19.2 Å². The van der Waals surface area contributed by atoms with E-state index in [1.54, 1.807) is 9.80 Å². The Morgan fingerprint density at radius 1 is 1.19 bits per heavy atom. The van der Waals surface area contributed by atoms with E-state index in [-0.39, 0.29) is 29.1 Å². The van der Waals surface area contributed by atoms with E-state index >= 15 is 0 Å². The van der Waals surface area contributed by atoms with Crippen LogP contribution in [0.4, 0.5) is 15.3 Å². The maximum atomic E-state index is 12.9. The first-order valence-corrected chi connectivity index (χ1v) is 11.9. The third-order valence-corrected chi connectivity index (χ3v) is 6.93. The van der Waals surface area contributed by atoms with Gasteiger partial charge in [0.25, 0.3) is 0 Å². The van der Waals surface area contributed by atoms with Crippen molar-refractivity contribution in [2.75, 3.05) is 18.4 Å². The molecular formula is C24H24ClN5O6. The van der Waals surface area contributed by atoms with Gasteiger partial charge >= 0.3 is 23.8 Å². The van der Waals surface area contributed by atoms with Crippen LogP contribution in [-0.2, 0) is 17.8 Å². The van der Waals surface area contributed by atoms with Crippen LogP contribution in [0, 0.1) is 0 Å². The molecule has 1 aromatic heterocycles. The molecule has 1 saturated heterocycles. The molecule has 5 rings (SSSR count). The fraction of sp³-hybridized carbons (Fsp3) is 0.333. The van der Waals surface area contributed by atoms with Crippen LogP contribution in [0.2, 0.25) is 5.02 Å². The van der Waals surface area contributed by atoms with E-state index in [9.17, 15) is 24.3 Å². The monoisotopic (exact) mass is 513 g/mol. The molecule has 4 N–H and O–H groups in total. The molecule has 1 fully saturated rings. The van der Waals surface area contributed by atoms with Crippen LogP contribution in [0.25, 0.3) is 11.1 Å². The molecule has 11 nitrogen and oxygen atoms in total. The Labute approximate surface area is 210 Å². The maximum absolute atomic E-state index is 12.9. The lowest BCUT2D eigenvalue weighted by Crippen LogP contribution is -2.54. The van der Waals surface area contributed by atoms with E-state index in [4.69, 9.17) is 16.0 Å². The zero-order valence-electron chi connectivity index (χ0n) is 19.1.